The van der Waals surface area contributed by atoms with Gasteiger partial charge < -0.3 is 15.3 Å². The fourth-order valence-corrected chi connectivity index (χ4v) is 2.56. The maximum absolute atomic E-state index is 10.8. The fraction of sp³-hybridized carbons (Fsp3) is 0.0667. The molecule has 0 aliphatic heterocycles. The number of phenols is 1. The number of nitro benzene ring substituents is 1. The molecule has 11 nitrogen and oxygen atoms in total. The molecular formula is C15H11N7O4. The van der Waals surface area contributed by atoms with Crippen molar-refractivity contribution in [3.05, 3.63) is 52.3 Å². The van der Waals surface area contributed by atoms with E-state index in [1.165, 1.54) is 29.1 Å². The Balaban J connectivity index is 1.77. The Kier molecular flexibility index (Phi) is 3.46. The molecule has 0 aliphatic carbocycles. The summed E-state index contributed by atoms with van der Waals surface area (Å²) in [7, 11) is 0. The SMILES string of the molecule is Nc1nc(-c2ccco2)c2nnn(Cc3ccc([N+](=O)[O-])c(O)c3)c2n1. The van der Waals surface area contributed by atoms with E-state index in [9.17, 15) is 15.2 Å². The van der Waals surface area contributed by atoms with Crippen molar-refractivity contribution < 1.29 is 14.4 Å². The van der Waals surface area contributed by atoms with Gasteiger partial charge in [-0.05, 0) is 23.8 Å². The van der Waals surface area contributed by atoms with Crippen molar-refractivity contribution >= 4 is 22.8 Å². The number of aromatic nitrogens is 5. The zero-order valence-electron chi connectivity index (χ0n) is 13.1. The lowest BCUT2D eigenvalue weighted by atomic mass is 10.2. The number of rotatable bonds is 4. The molecule has 130 valence electrons. The van der Waals surface area contributed by atoms with Crippen LogP contribution in [0.25, 0.3) is 22.6 Å². The molecule has 0 atom stereocenters. The predicted molar refractivity (Wildman–Crippen MR) is 89.1 cm³/mol. The highest BCUT2D eigenvalue weighted by Crippen LogP contribution is 2.28. The highest BCUT2D eigenvalue weighted by atomic mass is 16.6. The molecule has 3 aromatic heterocycles. The molecule has 0 unspecified atom stereocenters. The van der Waals surface area contributed by atoms with Crippen LogP contribution in [0.4, 0.5) is 11.6 Å². The van der Waals surface area contributed by atoms with Gasteiger partial charge in [-0.3, -0.25) is 10.1 Å². The average molecular weight is 353 g/mol. The standard InChI is InChI=1S/C15H11N7O4/c16-15-17-12(11-2-1-5-26-11)13-14(18-15)21(20-19-13)7-8-3-4-9(22(24)25)10(23)6-8/h1-6,23H,7H2,(H2,16,17,18). The van der Waals surface area contributed by atoms with Crippen LogP contribution in [0.15, 0.2) is 41.0 Å². The number of furan rings is 1. The average Bonchev–Trinajstić information content (AvgIpc) is 3.24. The summed E-state index contributed by atoms with van der Waals surface area (Å²) in [5, 5.41) is 28.7. The van der Waals surface area contributed by atoms with E-state index >= 15 is 0 Å². The minimum atomic E-state index is -0.659. The Labute approximate surface area is 144 Å². The van der Waals surface area contributed by atoms with Crippen molar-refractivity contribution in [2.24, 2.45) is 0 Å². The Morgan fingerprint density at radius 2 is 2.15 bits per heavy atom. The van der Waals surface area contributed by atoms with Crippen molar-refractivity contribution in [2.45, 2.75) is 6.54 Å². The predicted octanol–water partition coefficient (Wildman–Crippen LogP) is 1.73. The number of aromatic hydroxyl groups is 1. The van der Waals surface area contributed by atoms with Crippen LogP contribution >= 0.6 is 0 Å². The number of hydrogen-bond donors (Lipinski definition) is 2. The Hall–Kier alpha value is -4.02. The summed E-state index contributed by atoms with van der Waals surface area (Å²) in [5.41, 5.74) is 7.18. The Bertz CT molecular complexity index is 1120. The summed E-state index contributed by atoms with van der Waals surface area (Å²) in [6.07, 6.45) is 1.50. The van der Waals surface area contributed by atoms with Gasteiger partial charge >= 0.3 is 5.69 Å². The van der Waals surface area contributed by atoms with Crippen molar-refractivity contribution in [1.29, 1.82) is 0 Å². The number of fused-ring (bicyclic) bond motifs is 1. The first-order valence-corrected chi connectivity index (χ1v) is 7.40. The van der Waals surface area contributed by atoms with Gasteiger partial charge in [0.15, 0.2) is 22.7 Å². The molecule has 0 fully saturated rings. The molecule has 11 heteroatoms. The summed E-state index contributed by atoms with van der Waals surface area (Å²) < 4.78 is 6.80. The molecule has 4 aromatic rings. The van der Waals surface area contributed by atoms with Gasteiger partial charge in [0.05, 0.1) is 17.7 Å². The molecule has 0 saturated carbocycles. The number of nitrogens with two attached hydrogens (primary N) is 1. The van der Waals surface area contributed by atoms with Gasteiger partial charge in [-0.15, -0.1) is 5.10 Å². The zero-order valence-corrected chi connectivity index (χ0v) is 13.1. The summed E-state index contributed by atoms with van der Waals surface area (Å²) >= 11 is 0. The second kappa shape index (κ2) is 5.81. The van der Waals surface area contributed by atoms with Crippen molar-refractivity contribution in [1.82, 2.24) is 25.0 Å². The molecule has 3 N–H and O–H groups in total. The minimum absolute atomic E-state index is 0.0268. The molecule has 4 rings (SSSR count). The van der Waals surface area contributed by atoms with Crippen LogP contribution in [0.5, 0.6) is 5.75 Å². The summed E-state index contributed by atoms with van der Waals surface area (Å²) in [6, 6.07) is 7.46. The second-order valence-electron chi connectivity index (χ2n) is 5.41. The van der Waals surface area contributed by atoms with E-state index in [4.69, 9.17) is 10.2 Å². The van der Waals surface area contributed by atoms with E-state index < -0.39 is 10.7 Å². The van der Waals surface area contributed by atoms with Crippen LogP contribution in [0.1, 0.15) is 5.56 Å². The van der Waals surface area contributed by atoms with Crippen LogP contribution in [0.3, 0.4) is 0 Å². The Morgan fingerprint density at radius 1 is 1.31 bits per heavy atom. The number of hydrogen-bond acceptors (Lipinski definition) is 9. The molecule has 26 heavy (non-hydrogen) atoms. The summed E-state index contributed by atoms with van der Waals surface area (Å²) in [6.45, 7) is 0.177. The van der Waals surface area contributed by atoms with Gasteiger partial charge in [0.2, 0.25) is 5.95 Å². The highest BCUT2D eigenvalue weighted by molar-refractivity contribution is 5.85. The largest absolute Gasteiger partial charge is 0.502 e. The van der Waals surface area contributed by atoms with E-state index in [-0.39, 0.29) is 18.2 Å². The van der Waals surface area contributed by atoms with Crippen LogP contribution in [-0.2, 0) is 6.54 Å². The minimum Gasteiger partial charge on any atom is -0.502 e. The second-order valence-corrected chi connectivity index (χ2v) is 5.41. The van der Waals surface area contributed by atoms with E-state index in [0.717, 1.165) is 0 Å². The van der Waals surface area contributed by atoms with Crippen LogP contribution in [0.2, 0.25) is 0 Å². The van der Waals surface area contributed by atoms with Gasteiger partial charge in [0.1, 0.15) is 5.69 Å². The maximum Gasteiger partial charge on any atom is 0.310 e. The third kappa shape index (κ3) is 2.56. The molecule has 3 heterocycles. The van der Waals surface area contributed by atoms with E-state index in [1.807, 2.05) is 0 Å². The lowest BCUT2D eigenvalue weighted by Gasteiger charge is -2.04. The number of benzene rings is 1. The molecule has 0 saturated heterocycles. The molecule has 0 bridgehead atoms. The lowest BCUT2D eigenvalue weighted by Crippen LogP contribution is -2.05. The van der Waals surface area contributed by atoms with Gasteiger partial charge in [0, 0.05) is 6.07 Å². The van der Waals surface area contributed by atoms with E-state index in [0.29, 0.717) is 28.2 Å². The van der Waals surface area contributed by atoms with Crippen LogP contribution in [0, 0.1) is 10.1 Å². The third-order valence-corrected chi connectivity index (χ3v) is 3.70. The number of nitrogens with zero attached hydrogens (tertiary/aromatic N) is 6. The summed E-state index contributed by atoms with van der Waals surface area (Å²) in [4.78, 5) is 18.4. The Morgan fingerprint density at radius 3 is 2.85 bits per heavy atom. The zero-order chi connectivity index (χ0) is 18.3. The van der Waals surface area contributed by atoms with Gasteiger partial charge in [0.25, 0.3) is 0 Å². The van der Waals surface area contributed by atoms with Crippen molar-refractivity contribution in [3.63, 3.8) is 0 Å². The number of anilines is 1. The highest BCUT2D eigenvalue weighted by Gasteiger charge is 2.18. The first-order chi connectivity index (χ1) is 12.5. The molecule has 1 aromatic carbocycles. The quantitative estimate of drug-likeness (QED) is 0.411. The molecule has 0 aliphatic rings. The van der Waals surface area contributed by atoms with Gasteiger partial charge in [-0.25, -0.2) is 9.67 Å². The van der Waals surface area contributed by atoms with E-state index in [2.05, 4.69) is 20.3 Å². The first kappa shape index (κ1) is 15.5. The fourth-order valence-electron chi connectivity index (χ4n) is 2.56. The first-order valence-electron chi connectivity index (χ1n) is 7.40. The molecular weight excluding hydrogens is 342 g/mol. The maximum atomic E-state index is 10.8. The van der Waals surface area contributed by atoms with Crippen LogP contribution < -0.4 is 5.73 Å². The smallest absolute Gasteiger partial charge is 0.310 e. The van der Waals surface area contributed by atoms with E-state index in [1.54, 1.807) is 12.1 Å². The number of nitrogen functional groups attached to an aromatic ring is 1. The molecule has 0 amide bonds. The van der Waals surface area contributed by atoms with Gasteiger partial charge in [-0.2, -0.15) is 4.98 Å². The number of nitro groups is 1. The monoisotopic (exact) mass is 353 g/mol. The van der Waals surface area contributed by atoms with Crippen LogP contribution in [-0.4, -0.2) is 35.0 Å². The summed E-state index contributed by atoms with van der Waals surface area (Å²) in [5.74, 6) is 0.0745. The number of phenolic OH excluding ortho intramolecular Hbond substituents is 1. The lowest BCUT2D eigenvalue weighted by molar-refractivity contribution is -0.385. The molecule has 0 radical (unpaired) electrons. The normalized spacial score (nSPS) is 11.1. The van der Waals surface area contributed by atoms with Crippen molar-refractivity contribution in [2.75, 3.05) is 5.73 Å². The van der Waals surface area contributed by atoms with Gasteiger partial charge in [-0.1, -0.05) is 11.3 Å². The molecule has 0 spiro atoms. The topological polar surface area (TPSA) is 159 Å². The third-order valence-electron chi connectivity index (χ3n) is 3.70. The van der Waals surface area contributed by atoms with Crippen molar-refractivity contribution in [3.8, 4) is 17.2 Å².